The standard InChI is InChI=1S/C11H15N3OS/c1-3-10-5-13-11(16-10)8(2)14-7-12-4-9(14)6-15/h4-5,7-8,15H,3,6H2,1-2H3. The van der Waals surface area contributed by atoms with Gasteiger partial charge in [0, 0.05) is 11.1 Å². The Kier molecular flexibility index (Phi) is 3.36. The summed E-state index contributed by atoms with van der Waals surface area (Å²) >= 11 is 1.72. The molecule has 1 N–H and O–H groups in total. The van der Waals surface area contributed by atoms with Gasteiger partial charge in [-0.25, -0.2) is 9.97 Å². The predicted molar refractivity (Wildman–Crippen MR) is 63.5 cm³/mol. The number of aromatic nitrogens is 3. The highest BCUT2D eigenvalue weighted by Crippen LogP contribution is 2.24. The highest BCUT2D eigenvalue weighted by Gasteiger charge is 2.14. The molecule has 0 aliphatic rings. The van der Waals surface area contributed by atoms with Gasteiger partial charge in [-0.3, -0.25) is 0 Å². The number of aryl methyl sites for hydroxylation is 1. The zero-order valence-corrected chi connectivity index (χ0v) is 10.2. The second kappa shape index (κ2) is 4.76. The predicted octanol–water partition coefficient (Wildman–Crippen LogP) is 2.00. The first-order chi connectivity index (χ1) is 7.76. The van der Waals surface area contributed by atoms with E-state index in [4.69, 9.17) is 0 Å². The SMILES string of the molecule is CCc1cnc(C(C)n2cncc2CO)s1. The molecule has 0 fully saturated rings. The maximum atomic E-state index is 9.18. The van der Waals surface area contributed by atoms with Crippen molar-refractivity contribution < 1.29 is 5.11 Å². The first kappa shape index (κ1) is 11.3. The monoisotopic (exact) mass is 237 g/mol. The third kappa shape index (κ3) is 2.01. The fraction of sp³-hybridized carbons (Fsp3) is 0.455. The molecule has 86 valence electrons. The lowest BCUT2D eigenvalue weighted by Crippen LogP contribution is -2.08. The van der Waals surface area contributed by atoms with Crippen molar-refractivity contribution in [2.45, 2.75) is 32.9 Å². The van der Waals surface area contributed by atoms with Crippen molar-refractivity contribution in [3.63, 3.8) is 0 Å². The van der Waals surface area contributed by atoms with Crippen LogP contribution in [0.3, 0.4) is 0 Å². The van der Waals surface area contributed by atoms with Crippen molar-refractivity contribution in [1.29, 1.82) is 0 Å². The van der Waals surface area contributed by atoms with Gasteiger partial charge in [-0.1, -0.05) is 6.92 Å². The largest absolute Gasteiger partial charge is 0.390 e. The Morgan fingerprint density at radius 3 is 2.94 bits per heavy atom. The summed E-state index contributed by atoms with van der Waals surface area (Å²) in [6.07, 6.45) is 6.36. The first-order valence-corrected chi connectivity index (χ1v) is 6.14. The quantitative estimate of drug-likeness (QED) is 0.885. The van der Waals surface area contributed by atoms with Gasteiger partial charge in [-0.15, -0.1) is 11.3 Å². The van der Waals surface area contributed by atoms with Crippen molar-refractivity contribution >= 4 is 11.3 Å². The highest BCUT2D eigenvalue weighted by molar-refractivity contribution is 7.11. The summed E-state index contributed by atoms with van der Waals surface area (Å²) in [6.45, 7) is 4.20. The van der Waals surface area contributed by atoms with Gasteiger partial charge in [0.2, 0.25) is 0 Å². The van der Waals surface area contributed by atoms with E-state index in [0.717, 1.165) is 17.1 Å². The molecule has 1 atom stereocenters. The highest BCUT2D eigenvalue weighted by atomic mass is 32.1. The molecule has 0 amide bonds. The number of aliphatic hydroxyl groups is 1. The molecular weight excluding hydrogens is 222 g/mol. The van der Waals surface area contributed by atoms with Crippen molar-refractivity contribution in [3.8, 4) is 0 Å². The van der Waals surface area contributed by atoms with Crippen LogP contribution in [0.2, 0.25) is 0 Å². The number of hydrogen-bond acceptors (Lipinski definition) is 4. The van der Waals surface area contributed by atoms with Crippen molar-refractivity contribution in [2.24, 2.45) is 0 Å². The van der Waals surface area contributed by atoms with E-state index in [2.05, 4.69) is 23.8 Å². The van der Waals surface area contributed by atoms with Gasteiger partial charge >= 0.3 is 0 Å². The fourth-order valence-corrected chi connectivity index (χ4v) is 2.51. The smallest absolute Gasteiger partial charge is 0.115 e. The number of thiazole rings is 1. The van der Waals surface area contributed by atoms with E-state index in [1.165, 1.54) is 4.88 Å². The Labute approximate surface area is 98.6 Å². The second-order valence-electron chi connectivity index (χ2n) is 3.64. The molecule has 4 nitrogen and oxygen atoms in total. The molecule has 0 aliphatic heterocycles. The van der Waals surface area contributed by atoms with Gasteiger partial charge in [0.05, 0.1) is 30.9 Å². The van der Waals surface area contributed by atoms with Crippen LogP contribution in [-0.4, -0.2) is 19.6 Å². The fourth-order valence-electron chi connectivity index (χ4n) is 1.60. The van der Waals surface area contributed by atoms with Gasteiger partial charge in [-0.05, 0) is 13.3 Å². The third-order valence-corrected chi connectivity index (χ3v) is 3.91. The van der Waals surface area contributed by atoms with Gasteiger partial charge < -0.3 is 9.67 Å². The molecule has 2 aromatic heterocycles. The molecule has 2 aromatic rings. The minimum Gasteiger partial charge on any atom is -0.390 e. The molecule has 0 saturated heterocycles. The van der Waals surface area contributed by atoms with Crippen LogP contribution in [0.25, 0.3) is 0 Å². The maximum Gasteiger partial charge on any atom is 0.115 e. The van der Waals surface area contributed by atoms with Crippen LogP contribution >= 0.6 is 11.3 Å². The van der Waals surface area contributed by atoms with E-state index in [-0.39, 0.29) is 12.6 Å². The molecule has 1 unspecified atom stereocenters. The maximum absolute atomic E-state index is 9.18. The molecule has 0 saturated carbocycles. The summed E-state index contributed by atoms with van der Waals surface area (Å²) in [7, 11) is 0. The Morgan fingerprint density at radius 2 is 2.31 bits per heavy atom. The van der Waals surface area contributed by atoms with E-state index < -0.39 is 0 Å². The number of rotatable bonds is 4. The Balaban J connectivity index is 2.27. The van der Waals surface area contributed by atoms with Crippen LogP contribution in [0.1, 0.15) is 35.5 Å². The van der Waals surface area contributed by atoms with E-state index in [9.17, 15) is 5.11 Å². The molecular formula is C11H15N3OS. The van der Waals surface area contributed by atoms with E-state index in [1.807, 2.05) is 10.8 Å². The zero-order chi connectivity index (χ0) is 11.5. The number of imidazole rings is 1. The van der Waals surface area contributed by atoms with Crippen LogP contribution in [0.15, 0.2) is 18.7 Å². The molecule has 0 aliphatic carbocycles. The topological polar surface area (TPSA) is 50.9 Å². The van der Waals surface area contributed by atoms with Crippen LogP contribution in [0, 0.1) is 0 Å². The first-order valence-electron chi connectivity index (χ1n) is 5.32. The van der Waals surface area contributed by atoms with Crippen LogP contribution in [0.5, 0.6) is 0 Å². The second-order valence-corrected chi connectivity index (χ2v) is 4.79. The van der Waals surface area contributed by atoms with Gasteiger partial charge in [-0.2, -0.15) is 0 Å². The minimum absolute atomic E-state index is 0.0103. The Hall–Kier alpha value is -1.20. The average Bonchev–Trinajstić information content (AvgIpc) is 2.96. The average molecular weight is 237 g/mol. The molecule has 0 radical (unpaired) electrons. The molecule has 2 rings (SSSR count). The lowest BCUT2D eigenvalue weighted by molar-refractivity contribution is 0.269. The van der Waals surface area contributed by atoms with Crippen LogP contribution in [-0.2, 0) is 13.0 Å². The normalized spacial score (nSPS) is 12.9. The van der Waals surface area contributed by atoms with Crippen LogP contribution in [0.4, 0.5) is 0 Å². The van der Waals surface area contributed by atoms with Crippen LogP contribution < -0.4 is 0 Å². The summed E-state index contributed by atoms with van der Waals surface area (Å²) < 4.78 is 1.96. The van der Waals surface area contributed by atoms with E-state index >= 15 is 0 Å². The van der Waals surface area contributed by atoms with Crippen molar-refractivity contribution in [1.82, 2.24) is 14.5 Å². The van der Waals surface area contributed by atoms with Gasteiger partial charge in [0.15, 0.2) is 0 Å². The summed E-state index contributed by atoms with van der Waals surface area (Å²) in [5.41, 5.74) is 0.820. The summed E-state index contributed by atoms with van der Waals surface area (Å²) in [5.74, 6) is 0. The lowest BCUT2D eigenvalue weighted by atomic mass is 10.3. The molecule has 5 heteroatoms. The molecule has 0 bridgehead atoms. The van der Waals surface area contributed by atoms with E-state index in [0.29, 0.717) is 0 Å². The molecule has 0 spiro atoms. The molecule has 0 aromatic carbocycles. The number of nitrogens with zero attached hydrogens (tertiary/aromatic N) is 3. The van der Waals surface area contributed by atoms with E-state index in [1.54, 1.807) is 23.9 Å². The van der Waals surface area contributed by atoms with Crippen molar-refractivity contribution in [2.75, 3.05) is 0 Å². The third-order valence-electron chi connectivity index (χ3n) is 2.60. The van der Waals surface area contributed by atoms with Gasteiger partial charge in [0.1, 0.15) is 5.01 Å². The number of hydrogen-bond donors (Lipinski definition) is 1. The number of aliphatic hydroxyl groups excluding tert-OH is 1. The summed E-state index contributed by atoms with van der Waals surface area (Å²) in [5, 5.41) is 10.2. The van der Waals surface area contributed by atoms with Gasteiger partial charge in [0.25, 0.3) is 0 Å². The summed E-state index contributed by atoms with van der Waals surface area (Å²) in [4.78, 5) is 9.74. The summed E-state index contributed by atoms with van der Waals surface area (Å²) in [6, 6.07) is 0.134. The van der Waals surface area contributed by atoms with Crippen molar-refractivity contribution in [3.05, 3.63) is 34.3 Å². The molecule has 2 heterocycles. The Bertz CT molecular complexity index is 463. The zero-order valence-electron chi connectivity index (χ0n) is 9.42. The molecule has 16 heavy (non-hydrogen) atoms. The lowest BCUT2D eigenvalue weighted by Gasteiger charge is -2.12. The minimum atomic E-state index is 0.0103. The Morgan fingerprint density at radius 1 is 1.50 bits per heavy atom.